The number of hydrogen-bond acceptors (Lipinski definition) is 0. The molecule has 0 aliphatic heterocycles. The first-order valence-corrected chi connectivity index (χ1v) is 7.03. The van der Waals surface area contributed by atoms with E-state index in [0.717, 1.165) is 6.42 Å². The van der Waals surface area contributed by atoms with E-state index in [4.69, 9.17) is 0 Å². The van der Waals surface area contributed by atoms with E-state index in [1.165, 1.54) is 32.7 Å². The molecule has 116 valence electrons. The molecule has 0 saturated heterocycles. The van der Waals surface area contributed by atoms with Gasteiger partial charge in [0, 0.05) is 0 Å². The van der Waals surface area contributed by atoms with Gasteiger partial charge in [0.2, 0.25) is 0 Å². The SMILES string of the molecule is CC1=[C-]CC=C1C.[Cl-].[Cl-].[Zr+4].c1ccc2c(c1)[cH-]c1ccccc12. The number of benzene rings is 2. The zero-order chi connectivity index (χ0) is 13.9. The van der Waals surface area contributed by atoms with Gasteiger partial charge in [0.25, 0.3) is 0 Å². The molecule has 0 amide bonds. The summed E-state index contributed by atoms with van der Waals surface area (Å²) >= 11 is 0. The molecule has 0 heterocycles. The Kier molecular flexibility index (Phi) is 9.86. The Morgan fingerprint density at radius 1 is 0.826 bits per heavy atom. The second-order valence-corrected chi connectivity index (χ2v) is 5.21. The Bertz CT molecular complexity index is 746. The van der Waals surface area contributed by atoms with Crippen molar-refractivity contribution in [3.63, 3.8) is 0 Å². The molecule has 0 bridgehead atoms. The number of halogens is 2. The van der Waals surface area contributed by atoms with E-state index in [1.54, 1.807) is 0 Å². The first-order chi connectivity index (χ1) is 9.75. The first kappa shape index (κ1) is 22.3. The van der Waals surface area contributed by atoms with Gasteiger partial charge in [-0.3, -0.25) is 6.08 Å². The topological polar surface area (TPSA) is 0 Å². The Morgan fingerprint density at radius 3 is 1.65 bits per heavy atom. The number of allylic oxidation sites excluding steroid dienone is 4. The van der Waals surface area contributed by atoms with E-state index in [-0.39, 0.29) is 51.0 Å². The maximum atomic E-state index is 3.19. The van der Waals surface area contributed by atoms with E-state index in [1.807, 2.05) is 0 Å². The van der Waals surface area contributed by atoms with Gasteiger partial charge in [-0.05, 0) is 0 Å². The van der Waals surface area contributed by atoms with Crippen LogP contribution in [-0.4, -0.2) is 0 Å². The minimum Gasteiger partial charge on any atom is -1.00 e. The molecule has 0 aromatic heterocycles. The number of fused-ring (bicyclic) bond motifs is 3. The normalized spacial score (nSPS) is 12.1. The monoisotopic (exact) mass is 418 g/mol. The second-order valence-electron chi connectivity index (χ2n) is 5.21. The van der Waals surface area contributed by atoms with E-state index < -0.39 is 0 Å². The van der Waals surface area contributed by atoms with Crippen molar-refractivity contribution >= 4 is 21.5 Å². The third kappa shape index (κ3) is 5.11. The zero-order valence-corrected chi connectivity index (χ0v) is 17.2. The van der Waals surface area contributed by atoms with Gasteiger partial charge in [0.15, 0.2) is 0 Å². The minimum absolute atomic E-state index is 0. The third-order valence-corrected chi connectivity index (χ3v) is 3.89. The van der Waals surface area contributed by atoms with Gasteiger partial charge >= 0.3 is 26.2 Å². The van der Waals surface area contributed by atoms with Gasteiger partial charge < -0.3 is 24.8 Å². The molecule has 0 atom stereocenters. The smallest absolute Gasteiger partial charge is 1.00 e. The van der Waals surface area contributed by atoms with Crippen molar-refractivity contribution in [3.05, 3.63) is 77.9 Å². The summed E-state index contributed by atoms with van der Waals surface area (Å²) < 4.78 is 0. The van der Waals surface area contributed by atoms with Crippen molar-refractivity contribution in [2.45, 2.75) is 20.3 Å². The molecule has 23 heavy (non-hydrogen) atoms. The van der Waals surface area contributed by atoms with Gasteiger partial charge in [-0.25, -0.2) is 11.1 Å². The van der Waals surface area contributed by atoms with Crippen LogP contribution in [0.15, 0.2) is 71.8 Å². The summed E-state index contributed by atoms with van der Waals surface area (Å²) in [6, 6.07) is 19.3. The molecule has 3 aromatic rings. The molecule has 0 radical (unpaired) electrons. The van der Waals surface area contributed by atoms with Gasteiger partial charge in [0.05, 0.1) is 0 Å². The maximum Gasteiger partial charge on any atom is 4.00 e. The summed E-state index contributed by atoms with van der Waals surface area (Å²) in [5.41, 5.74) is 2.71. The molecule has 0 unspecified atom stereocenters. The summed E-state index contributed by atoms with van der Waals surface area (Å²) in [4.78, 5) is 0. The predicted octanol–water partition coefficient (Wildman–Crippen LogP) is -0.197. The Balaban J connectivity index is 0.000000426. The molecule has 0 nitrogen and oxygen atoms in total. The third-order valence-electron chi connectivity index (χ3n) is 3.89. The van der Waals surface area contributed by atoms with E-state index in [0.29, 0.717) is 0 Å². The van der Waals surface area contributed by atoms with Crippen LogP contribution in [0.2, 0.25) is 0 Å². The van der Waals surface area contributed by atoms with Crippen molar-refractivity contribution in [1.29, 1.82) is 0 Å². The number of hydrogen-bond donors (Lipinski definition) is 0. The fraction of sp³-hybridized carbons (Fsp3) is 0.150. The van der Waals surface area contributed by atoms with Crippen LogP contribution in [0.5, 0.6) is 0 Å². The zero-order valence-electron chi connectivity index (χ0n) is 13.2. The quantitative estimate of drug-likeness (QED) is 0.442. The molecular formula is C20H18Cl2Zr. The molecule has 0 spiro atoms. The van der Waals surface area contributed by atoms with E-state index in [9.17, 15) is 0 Å². The average molecular weight is 420 g/mol. The predicted molar refractivity (Wildman–Crippen MR) is 87.9 cm³/mol. The van der Waals surface area contributed by atoms with Crippen molar-refractivity contribution < 1.29 is 51.0 Å². The van der Waals surface area contributed by atoms with Crippen molar-refractivity contribution in [1.82, 2.24) is 0 Å². The van der Waals surface area contributed by atoms with E-state index >= 15 is 0 Å². The van der Waals surface area contributed by atoms with Crippen LogP contribution in [0, 0.1) is 6.08 Å². The molecule has 4 rings (SSSR count). The van der Waals surface area contributed by atoms with Gasteiger partial charge in [-0.1, -0.05) is 43.3 Å². The molecule has 0 fully saturated rings. The van der Waals surface area contributed by atoms with Crippen LogP contribution in [-0.2, 0) is 26.2 Å². The van der Waals surface area contributed by atoms with Crippen LogP contribution in [0.3, 0.4) is 0 Å². The van der Waals surface area contributed by atoms with Crippen molar-refractivity contribution in [2.75, 3.05) is 0 Å². The van der Waals surface area contributed by atoms with Gasteiger partial charge in [-0.15, -0.1) is 53.1 Å². The fourth-order valence-corrected chi connectivity index (χ4v) is 2.55. The fourth-order valence-electron chi connectivity index (χ4n) is 2.55. The van der Waals surface area contributed by atoms with Crippen LogP contribution in [0.1, 0.15) is 20.3 Å². The van der Waals surface area contributed by atoms with Gasteiger partial charge in [-0.2, -0.15) is 6.08 Å². The number of rotatable bonds is 0. The maximum absolute atomic E-state index is 3.19. The van der Waals surface area contributed by atoms with Crippen molar-refractivity contribution in [3.8, 4) is 0 Å². The largest absolute Gasteiger partial charge is 4.00 e. The summed E-state index contributed by atoms with van der Waals surface area (Å²) in [6.45, 7) is 4.22. The van der Waals surface area contributed by atoms with Crippen LogP contribution in [0.25, 0.3) is 21.5 Å². The van der Waals surface area contributed by atoms with E-state index in [2.05, 4.69) is 80.6 Å². The molecule has 3 heteroatoms. The summed E-state index contributed by atoms with van der Waals surface area (Å²) in [5, 5.41) is 5.39. The summed E-state index contributed by atoms with van der Waals surface area (Å²) in [6.07, 6.45) is 6.41. The standard InChI is InChI=1S/C13H9.C7H9.2ClH.Zr/c1-3-7-12-10(5-1)9-11-6-2-4-8-13(11)12;1-6-4-3-5-7(6)2;;;/h1-9H;4H,3H2,1-2H3;2*1H;/q2*-1;;;+4/p-2. The second kappa shape index (κ2) is 10.2. The first-order valence-electron chi connectivity index (χ1n) is 7.03. The minimum atomic E-state index is 0. The Labute approximate surface area is 170 Å². The Hall–Kier alpha value is -0.747. The average Bonchev–Trinajstić information content (AvgIpc) is 3.03. The van der Waals surface area contributed by atoms with Crippen molar-refractivity contribution in [2.24, 2.45) is 0 Å². The molecule has 1 aliphatic carbocycles. The molecule has 3 aromatic carbocycles. The summed E-state index contributed by atoms with van der Waals surface area (Å²) in [5.74, 6) is 0. The molecule has 0 saturated carbocycles. The molecule has 0 N–H and O–H groups in total. The summed E-state index contributed by atoms with van der Waals surface area (Å²) in [7, 11) is 0. The molecular weight excluding hydrogens is 402 g/mol. The van der Waals surface area contributed by atoms with Crippen LogP contribution < -0.4 is 24.8 Å². The van der Waals surface area contributed by atoms with Gasteiger partial charge in [0.1, 0.15) is 0 Å². The van der Waals surface area contributed by atoms with Crippen LogP contribution in [0.4, 0.5) is 0 Å². The Morgan fingerprint density at radius 2 is 1.30 bits per heavy atom. The van der Waals surface area contributed by atoms with Crippen LogP contribution >= 0.6 is 0 Å². The molecule has 1 aliphatic rings.